The highest BCUT2D eigenvalue weighted by Gasteiger charge is 2.30. The fourth-order valence-electron chi connectivity index (χ4n) is 2.05. The lowest BCUT2D eigenvalue weighted by molar-refractivity contribution is -0.116. The average Bonchev–Trinajstić information content (AvgIpc) is 2.55. The molecule has 0 saturated carbocycles. The maximum Gasteiger partial charge on any atom is 0.231 e. The lowest BCUT2D eigenvalue weighted by Gasteiger charge is -2.16. The molecule has 0 aromatic heterocycles. The topological polar surface area (TPSA) is 49.3 Å². The molecular weight excluding hydrogens is 221 g/mol. The van der Waals surface area contributed by atoms with Crippen molar-refractivity contribution in [2.45, 2.75) is 32.8 Å². The van der Waals surface area contributed by atoms with Crippen LogP contribution in [-0.4, -0.2) is 11.0 Å². The molecule has 1 aliphatic rings. The molecular formula is C13H16FNO2. The van der Waals surface area contributed by atoms with Gasteiger partial charge in [0.15, 0.2) is 0 Å². The van der Waals surface area contributed by atoms with Crippen LogP contribution < -0.4 is 5.32 Å². The molecule has 0 spiro atoms. The average molecular weight is 237 g/mol. The normalized spacial score (nSPS) is 20.4. The molecule has 2 atom stereocenters. The third-order valence-corrected chi connectivity index (χ3v) is 3.22. The first-order chi connectivity index (χ1) is 7.91. The fraction of sp³-hybridized carbons (Fsp3) is 0.462. The molecule has 2 rings (SSSR count). The van der Waals surface area contributed by atoms with E-state index in [1.54, 1.807) is 13.0 Å². The molecule has 0 fully saturated rings. The number of rotatable bonds is 2. The van der Waals surface area contributed by atoms with E-state index in [0.29, 0.717) is 11.1 Å². The molecule has 92 valence electrons. The van der Waals surface area contributed by atoms with Crippen LogP contribution in [0.15, 0.2) is 12.1 Å². The van der Waals surface area contributed by atoms with Crippen LogP contribution in [0.3, 0.4) is 0 Å². The zero-order valence-corrected chi connectivity index (χ0v) is 10.1. The van der Waals surface area contributed by atoms with E-state index in [4.69, 9.17) is 0 Å². The van der Waals surface area contributed by atoms with Gasteiger partial charge in [-0.25, -0.2) is 4.39 Å². The van der Waals surface area contributed by atoms with Crippen molar-refractivity contribution in [2.24, 2.45) is 5.92 Å². The summed E-state index contributed by atoms with van der Waals surface area (Å²) in [5.74, 6) is -1.03. The van der Waals surface area contributed by atoms with Crippen molar-refractivity contribution in [2.75, 3.05) is 5.32 Å². The molecule has 2 unspecified atom stereocenters. The summed E-state index contributed by atoms with van der Waals surface area (Å²) < 4.78 is 13.8. The highest BCUT2D eigenvalue weighted by molar-refractivity contribution is 6.02. The number of hydrogen-bond donors (Lipinski definition) is 2. The van der Waals surface area contributed by atoms with Crippen LogP contribution in [0.4, 0.5) is 10.1 Å². The number of fused-ring (bicyclic) bond motifs is 1. The van der Waals surface area contributed by atoms with Crippen molar-refractivity contribution in [1.82, 2.24) is 0 Å². The van der Waals surface area contributed by atoms with Crippen molar-refractivity contribution >= 4 is 11.6 Å². The van der Waals surface area contributed by atoms with Crippen LogP contribution >= 0.6 is 0 Å². The number of carbonyl (C=O) groups excluding carboxylic acids is 1. The minimum absolute atomic E-state index is 0.00724. The maximum absolute atomic E-state index is 13.8. The largest absolute Gasteiger partial charge is 0.388 e. The van der Waals surface area contributed by atoms with Crippen LogP contribution in [0.1, 0.15) is 43.9 Å². The van der Waals surface area contributed by atoms with Crippen LogP contribution in [0.2, 0.25) is 0 Å². The quantitative estimate of drug-likeness (QED) is 0.830. The first-order valence-electron chi connectivity index (χ1n) is 5.74. The van der Waals surface area contributed by atoms with Crippen LogP contribution in [0.5, 0.6) is 0 Å². The van der Waals surface area contributed by atoms with E-state index in [9.17, 15) is 14.3 Å². The van der Waals surface area contributed by atoms with Gasteiger partial charge in [0.2, 0.25) is 5.91 Å². The third-order valence-electron chi connectivity index (χ3n) is 3.22. The standard InChI is InChI=1S/C13H16FNO2/c1-6(2)12(16)8-4-9-7(3)13(17)15-11(9)10(14)5-8/h4-7,12,16H,1-3H3,(H,15,17). The minimum atomic E-state index is -0.710. The molecule has 17 heavy (non-hydrogen) atoms. The number of benzene rings is 1. The third kappa shape index (κ3) is 1.93. The molecule has 4 heteroatoms. The summed E-state index contributed by atoms with van der Waals surface area (Å²) in [5, 5.41) is 12.4. The number of halogens is 1. The Morgan fingerprint density at radius 2 is 2.06 bits per heavy atom. The first kappa shape index (κ1) is 12.0. The summed E-state index contributed by atoms with van der Waals surface area (Å²) in [6.45, 7) is 5.46. The van der Waals surface area contributed by atoms with Gasteiger partial charge in [-0.05, 0) is 30.0 Å². The number of aliphatic hydroxyl groups is 1. The van der Waals surface area contributed by atoms with Gasteiger partial charge in [0, 0.05) is 0 Å². The monoisotopic (exact) mass is 237 g/mol. The van der Waals surface area contributed by atoms with Gasteiger partial charge >= 0.3 is 0 Å². The molecule has 1 heterocycles. The van der Waals surface area contributed by atoms with Gasteiger partial charge < -0.3 is 10.4 Å². The van der Waals surface area contributed by atoms with Crippen molar-refractivity contribution < 1.29 is 14.3 Å². The van der Waals surface area contributed by atoms with E-state index < -0.39 is 11.9 Å². The van der Waals surface area contributed by atoms with E-state index in [0.717, 1.165) is 0 Å². The second-order valence-electron chi connectivity index (χ2n) is 4.87. The Kier molecular flexibility index (Phi) is 2.91. The molecule has 1 aromatic rings. The van der Waals surface area contributed by atoms with E-state index in [-0.39, 0.29) is 23.4 Å². The van der Waals surface area contributed by atoms with E-state index in [2.05, 4.69) is 5.32 Å². The van der Waals surface area contributed by atoms with Gasteiger partial charge in [-0.15, -0.1) is 0 Å². The molecule has 1 amide bonds. The predicted octanol–water partition coefficient (Wildman–Crippen LogP) is 2.57. The van der Waals surface area contributed by atoms with Crippen LogP contribution in [0, 0.1) is 11.7 Å². The number of amides is 1. The Balaban J connectivity index is 2.48. The lowest BCUT2D eigenvalue weighted by atomic mass is 9.94. The van der Waals surface area contributed by atoms with Gasteiger partial charge in [-0.2, -0.15) is 0 Å². The summed E-state index contributed by atoms with van der Waals surface area (Å²) >= 11 is 0. The molecule has 0 aliphatic carbocycles. The number of nitrogens with one attached hydrogen (secondary N) is 1. The van der Waals surface area contributed by atoms with Gasteiger partial charge in [-0.1, -0.05) is 19.9 Å². The van der Waals surface area contributed by atoms with Crippen molar-refractivity contribution in [1.29, 1.82) is 0 Å². The summed E-state index contributed by atoms with van der Waals surface area (Å²) in [7, 11) is 0. The lowest BCUT2D eigenvalue weighted by Crippen LogP contribution is -2.08. The second-order valence-corrected chi connectivity index (χ2v) is 4.87. The molecule has 0 saturated heterocycles. The molecule has 0 radical (unpaired) electrons. The van der Waals surface area contributed by atoms with Gasteiger partial charge in [0.05, 0.1) is 17.7 Å². The van der Waals surface area contributed by atoms with Crippen molar-refractivity contribution in [3.63, 3.8) is 0 Å². The first-order valence-corrected chi connectivity index (χ1v) is 5.74. The van der Waals surface area contributed by atoms with Crippen LogP contribution in [0.25, 0.3) is 0 Å². The number of anilines is 1. The SMILES string of the molecule is CC1C(=O)Nc2c(F)cc(C(O)C(C)C)cc21. The summed E-state index contributed by atoms with van der Waals surface area (Å²) in [4.78, 5) is 11.5. The minimum Gasteiger partial charge on any atom is -0.388 e. The molecule has 0 bridgehead atoms. The number of carbonyl (C=O) groups is 1. The summed E-state index contributed by atoms with van der Waals surface area (Å²) in [6, 6.07) is 3.01. The molecule has 3 nitrogen and oxygen atoms in total. The highest BCUT2D eigenvalue weighted by Crippen LogP contribution is 2.37. The van der Waals surface area contributed by atoms with Gasteiger partial charge in [0.25, 0.3) is 0 Å². The van der Waals surface area contributed by atoms with Crippen LogP contribution in [-0.2, 0) is 4.79 Å². The van der Waals surface area contributed by atoms with E-state index in [1.165, 1.54) is 6.07 Å². The van der Waals surface area contributed by atoms with E-state index >= 15 is 0 Å². The zero-order valence-electron chi connectivity index (χ0n) is 10.1. The smallest absolute Gasteiger partial charge is 0.231 e. The number of aliphatic hydroxyl groups excluding tert-OH is 1. The Labute approximate surface area is 99.7 Å². The Bertz CT molecular complexity index is 471. The maximum atomic E-state index is 13.8. The van der Waals surface area contributed by atoms with Crippen molar-refractivity contribution in [3.8, 4) is 0 Å². The zero-order chi connectivity index (χ0) is 12.7. The van der Waals surface area contributed by atoms with Gasteiger partial charge in [0.1, 0.15) is 5.82 Å². The number of hydrogen-bond acceptors (Lipinski definition) is 2. The van der Waals surface area contributed by atoms with Crippen molar-refractivity contribution in [3.05, 3.63) is 29.1 Å². The Morgan fingerprint density at radius 1 is 1.41 bits per heavy atom. The van der Waals surface area contributed by atoms with Gasteiger partial charge in [-0.3, -0.25) is 4.79 Å². The molecule has 1 aliphatic heterocycles. The Morgan fingerprint density at radius 3 is 2.65 bits per heavy atom. The second kappa shape index (κ2) is 4.11. The van der Waals surface area contributed by atoms with E-state index in [1.807, 2.05) is 13.8 Å². The Hall–Kier alpha value is -1.42. The molecule has 1 aromatic carbocycles. The summed E-state index contributed by atoms with van der Waals surface area (Å²) in [5.41, 5.74) is 1.41. The summed E-state index contributed by atoms with van der Waals surface area (Å²) in [6.07, 6.45) is -0.710. The fourth-order valence-corrected chi connectivity index (χ4v) is 2.05. The molecule has 2 N–H and O–H groups in total. The highest BCUT2D eigenvalue weighted by atomic mass is 19.1. The predicted molar refractivity (Wildman–Crippen MR) is 63.2 cm³/mol.